The Kier molecular flexibility index (Phi) is 6.56. The molecular formula is C16H22N2O4. The third kappa shape index (κ3) is 6.88. The van der Waals surface area contributed by atoms with Gasteiger partial charge in [0.05, 0.1) is 18.4 Å². The Morgan fingerprint density at radius 2 is 2.09 bits per heavy atom. The van der Waals surface area contributed by atoms with Crippen LogP contribution in [0.25, 0.3) is 6.08 Å². The minimum Gasteiger partial charge on any atom is -0.465 e. The molecule has 1 amide bonds. The van der Waals surface area contributed by atoms with E-state index in [0.29, 0.717) is 24.2 Å². The van der Waals surface area contributed by atoms with Crippen LogP contribution in [0.3, 0.4) is 0 Å². The predicted molar refractivity (Wildman–Crippen MR) is 83.5 cm³/mol. The average Bonchev–Trinajstić information content (AvgIpc) is 2.44. The van der Waals surface area contributed by atoms with Gasteiger partial charge in [0.25, 0.3) is 0 Å². The van der Waals surface area contributed by atoms with Gasteiger partial charge in [-0.05, 0) is 45.4 Å². The first-order valence-corrected chi connectivity index (χ1v) is 6.99. The van der Waals surface area contributed by atoms with Crippen LogP contribution in [-0.4, -0.2) is 36.3 Å². The van der Waals surface area contributed by atoms with Crippen molar-refractivity contribution in [1.82, 2.24) is 10.3 Å². The summed E-state index contributed by atoms with van der Waals surface area (Å²) in [6.07, 6.45) is 5.38. The molecule has 0 atom stereocenters. The number of aromatic nitrogens is 1. The van der Waals surface area contributed by atoms with Crippen LogP contribution >= 0.6 is 0 Å². The molecule has 0 aromatic carbocycles. The van der Waals surface area contributed by atoms with Gasteiger partial charge in [0, 0.05) is 12.7 Å². The van der Waals surface area contributed by atoms with E-state index in [1.54, 1.807) is 24.4 Å². The van der Waals surface area contributed by atoms with E-state index in [2.05, 4.69) is 15.0 Å². The van der Waals surface area contributed by atoms with Crippen LogP contribution in [0.5, 0.6) is 0 Å². The Morgan fingerprint density at radius 3 is 2.73 bits per heavy atom. The molecule has 0 spiro atoms. The van der Waals surface area contributed by atoms with Crippen molar-refractivity contribution in [3.05, 3.63) is 35.7 Å². The summed E-state index contributed by atoms with van der Waals surface area (Å²) in [5.74, 6) is -0.399. The van der Waals surface area contributed by atoms with Crippen molar-refractivity contribution >= 4 is 18.1 Å². The van der Waals surface area contributed by atoms with Gasteiger partial charge in [-0.2, -0.15) is 0 Å². The lowest BCUT2D eigenvalue weighted by atomic mass is 10.2. The molecule has 0 aliphatic rings. The number of ether oxygens (including phenoxy) is 2. The fourth-order valence-electron chi connectivity index (χ4n) is 1.56. The number of methoxy groups -OCH3 is 1. The van der Waals surface area contributed by atoms with Crippen molar-refractivity contribution in [1.29, 1.82) is 0 Å². The van der Waals surface area contributed by atoms with Crippen molar-refractivity contribution in [3.8, 4) is 0 Å². The van der Waals surface area contributed by atoms with Gasteiger partial charge in [-0.1, -0.05) is 6.08 Å². The van der Waals surface area contributed by atoms with Crippen molar-refractivity contribution in [2.75, 3.05) is 13.7 Å². The highest BCUT2D eigenvalue weighted by Gasteiger charge is 2.15. The fourth-order valence-corrected chi connectivity index (χ4v) is 1.56. The van der Waals surface area contributed by atoms with Gasteiger partial charge in [-0.15, -0.1) is 0 Å². The van der Waals surface area contributed by atoms with Crippen molar-refractivity contribution in [3.63, 3.8) is 0 Å². The number of alkyl carbamates (subject to hydrolysis) is 1. The molecule has 6 heteroatoms. The van der Waals surface area contributed by atoms with Crippen LogP contribution in [0.15, 0.2) is 24.4 Å². The van der Waals surface area contributed by atoms with Gasteiger partial charge in [-0.3, -0.25) is 4.98 Å². The lowest BCUT2D eigenvalue weighted by Gasteiger charge is -2.19. The molecule has 1 heterocycles. The second-order valence-corrected chi connectivity index (χ2v) is 5.58. The maximum Gasteiger partial charge on any atom is 0.407 e. The molecule has 0 unspecified atom stereocenters. The summed E-state index contributed by atoms with van der Waals surface area (Å²) in [7, 11) is 1.33. The van der Waals surface area contributed by atoms with Crippen LogP contribution in [-0.2, 0) is 9.47 Å². The van der Waals surface area contributed by atoms with Crippen LogP contribution < -0.4 is 5.32 Å². The lowest BCUT2D eigenvalue weighted by molar-refractivity contribution is 0.0527. The first-order chi connectivity index (χ1) is 10.3. The van der Waals surface area contributed by atoms with Crippen LogP contribution in [0.4, 0.5) is 4.79 Å². The van der Waals surface area contributed by atoms with E-state index in [1.807, 2.05) is 26.8 Å². The third-order valence-corrected chi connectivity index (χ3v) is 2.47. The van der Waals surface area contributed by atoms with Gasteiger partial charge in [0.15, 0.2) is 0 Å². The predicted octanol–water partition coefficient (Wildman–Crippen LogP) is 2.80. The molecule has 0 bridgehead atoms. The molecular weight excluding hydrogens is 284 g/mol. The van der Waals surface area contributed by atoms with Gasteiger partial charge >= 0.3 is 12.1 Å². The number of pyridine rings is 1. The van der Waals surface area contributed by atoms with Gasteiger partial charge in [-0.25, -0.2) is 9.59 Å². The normalized spacial score (nSPS) is 11.3. The molecule has 1 N–H and O–H groups in total. The average molecular weight is 306 g/mol. The maximum absolute atomic E-state index is 11.4. The van der Waals surface area contributed by atoms with E-state index in [4.69, 9.17) is 4.74 Å². The van der Waals surface area contributed by atoms with Crippen LogP contribution in [0.2, 0.25) is 0 Å². The number of carbonyl (C=O) groups is 2. The smallest absolute Gasteiger partial charge is 0.407 e. The number of esters is 1. The summed E-state index contributed by atoms with van der Waals surface area (Å²) in [6.45, 7) is 5.90. The summed E-state index contributed by atoms with van der Waals surface area (Å²) >= 11 is 0. The maximum atomic E-state index is 11.4. The number of rotatable bonds is 5. The highest BCUT2D eigenvalue weighted by molar-refractivity contribution is 5.89. The molecule has 1 aromatic rings. The van der Waals surface area contributed by atoms with E-state index in [0.717, 1.165) is 0 Å². The molecule has 1 rings (SSSR count). The second-order valence-electron chi connectivity index (χ2n) is 5.58. The fraction of sp³-hybridized carbons (Fsp3) is 0.438. The lowest BCUT2D eigenvalue weighted by Crippen LogP contribution is -2.32. The number of nitrogens with one attached hydrogen (secondary N) is 1. The molecule has 1 aromatic heterocycles. The number of nitrogens with zero attached hydrogens (tertiary/aromatic N) is 1. The molecule has 6 nitrogen and oxygen atoms in total. The standard InChI is InChI=1S/C16H22N2O4/c1-16(2,3)22-15(20)18-9-6-5-7-13-11-12(8-10-17-13)14(19)21-4/h5,7-8,10-11H,6,9H2,1-4H3,(H,18,20). The van der Waals surface area contributed by atoms with Crippen LogP contribution in [0.1, 0.15) is 43.2 Å². The van der Waals surface area contributed by atoms with E-state index >= 15 is 0 Å². The second kappa shape index (κ2) is 8.17. The Labute approximate surface area is 130 Å². The number of hydrogen-bond acceptors (Lipinski definition) is 5. The topological polar surface area (TPSA) is 77.5 Å². The van der Waals surface area contributed by atoms with E-state index in [9.17, 15) is 9.59 Å². The number of carbonyl (C=O) groups excluding carboxylic acids is 2. The highest BCUT2D eigenvalue weighted by Crippen LogP contribution is 2.07. The molecule has 0 aliphatic heterocycles. The Bertz CT molecular complexity index is 547. The van der Waals surface area contributed by atoms with Crippen LogP contribution in [0, 0.1) is 0 Å². The van der Waals surface area contributed by atoms with E-state index in [-0.39, 0.29) is 0 Å². The summed E-state index contributed by atoms with van der Waals surface area (Å²) in [5, 5.41) is 2.66. The molecule has 22 heavy (non-hydrogen) atoms. The minimum absolute atomic E-state index is 0.399. The van der Waals surface area contributed by atoms with Crippen molar-refractivity contribution < 1.29 is 19.1 Å². The monoisotopic (exact) mass is 306 g/mol. The van der Waals surface area contributed by atoms with Crippen molar-refractivity contribution in [2.24, 2.45) is 0 Å². The zero-order valence-corrected chi connectivity index (χ0v) is 13.4. The summed E-state index contributed by atoms with van der Waals surface area (Å²) in [5.41, 5.74) is 0.599. The quantitative estimate of drug-likeness (QED) is 0.668. The molecule has 0 saturated heterocycles. The molecule has 120 valence electrons. The summed E-state index contributed by atoms with van der Waals surface area (Å²) in [4.78, 5) is 26.9. The molecule has 0 aliphatic carbocycles. The molecule has 0 fully saturated rings. The summed E-state index contributed by atoms with van der Waals surface area (Å²) < 4.78 is 9.77. The Morgan fingerprint density at radius 1 is 1.36 bits per heavy atom. The SMILES string of the molecule is COC(=O)c1ccnc(C=CCCNC(=O)OC(C)(C)C)c1. The largest absolute Gasteiger partial charge is 0.465 e. The zero-order chi connectivity index (χ0) is 16.6. The molecule has 0 saturated carbocycles. The van der Waals surface area contributed by atoms with Gasteiger partial charge in [0.2, 0.25) is 0 Å². The zero-order valence-electron chi connectivity index (χ0n) is 13.4. The Balaban J connectivity index is 2.40. The van der Waals surface area contributed by atoms with Gasteiger partial charge in [0.1, 0.15) is 5.60 Å². The third-order valence-electron chi connectivity index (χ3n) is 2.47. The first-order valence-electron chi connectivity index (χ1n) is 6.99. The summed E-state index contributed by atoms with van der Waals surface area (Å²) in [6, 6.07) is 3.23. The Hall–Kier alpha value is -2.37. The van der Waals surface area contributed by atoms with Crippen molar-refractivity contribution in [2.45, 2.75) is 32.8 Å². The van der Waals surface area contributed by atoms with E-state index < -0.39 is 17.7 Å². The van der Waals surface area contributed by atoms with Gasteiger partial charge < -0.3 is 14.8 Å². The van der Waals surface area contributed by atoms with E-state index in [1.165, 1.54) is 7.11 Å². The highest BCUT2D eigenvalue weighted by atomic mass is 16.6. The minimum atomic E-state index is -0.502. The first kappa shape index (κ1) is 17.7. The molecule has 0 radical (unpaired) electrons. The number of hydrogen-bond donors (Lipinski definition) is 1. The number of amides is 1.